The molecule has 2 fully saturated rings. The van der Waals surface area contributed by atoms with E-state index >= 15 is 0 Å². The third-order valence-corrected chi connectivity index (χ3v) is 9.52. The van der Waals surface area contributed by atoms with Gasteiger partial charge in [-0.1, -0.05) is 12.1 Å². The van der Waals surface area contributed by atoms with Crippen molar-refractivity contribution in [3.05, 3.63) is 69.8 Å². The Labute approximate surface area is 316 Å². The number of nitro groups is 1. The van der Waals surface area contributed by atoms with Crippen LogP contribution in [0, 0.1) is 10.1 Å². The van der Waals surface area contributed by atoms with Crippen molar-refractivity contribution in [2.45, 2.75) is 60.8 Å². The number of aromatic hydroxyl groups is 1. The normalized spacial score (nSPS) is 20.8. The number of fused-ring (bicyclic) bond motifs is 1. The summed E-state index contributed by atoms with van der Waals surface area (Å²) in [5, 5.41) is 44.5. The monoisotopic (exact) mass is 737 g/mol. The molecule has 2 heterocycles. The summed E-state index contributed by atoms with van der Waals surface area (Å²) in [6, 6.07) is 3.89. The molecule has 21 heteroatoms. The third kappa shape index (κ3) is 8.70. The van der Waals surface area contributed by atoms with Gasteiger partial charge in [0.15, 0.2) is 11.0 Å². The minimum atomic E-state index is -1.72. The van der Waals surface area contributed by atoms with E-state index in [-0.39, 0.29) is 59.6 Å². The Morgan fingerprint density at radius 3 is 2.24 bits per heavy atom. The van der Waals surface area contributed by atoms with E-state index in [4.69, 9.17) is 4.74 Å². The number of ether oxygens (including phenoxy) is 1. The molecule has 2 aromatic rings. The molecule has 51 heavy (non-hydrogen) atoms. The summed E-state index contributed by atoms with van der Waals surface area (Å²) < 4.78 is 3.95. The SMILES string of the molecule is CNC(=O)CC(NC(=O)OCc1ccc([N+](=O)[O-])cc1)C(=O)NC(C(=O)N[C@H]1C(=O)N2[C@@H](C(=O)[O-])C(C)(C)SC12NC=O)c1ccc(O)cc1.[Na+]. The summed E-state index contributed by atoms with van der Waals surface area (Å²) in [5.41, 5.74) is 0.276. The van der Waals surface area contributed by atoms with Crippen LogP contribution < -0.4 is 61.2 Å². The number of β-lactam (4-membered cyclic amide) rings is 1. The van der Waals surface area contributed by atoms with Crippen molar-refractivity contribution in [3.63, 3.8) is 0 Å². The van der Waals surface area contributed by atoms with E-state index < -0.39 is 80.9 Å². The number of benzene rings is 2. The fourth-order valence-corrected chi connectivity index (χ4v) is 7.33. The van der Waals surface area contributed by atoms with Crippen LogP contribution in [0.5, 0.6) is 5.75 Å². The maximum absolute atomic E-state index is 13.8. The van der Waals surface area contributed by atoms with Gasteiger partial charge < -0.3 is 46.3 Å². The van der Waals surface area contributed by atoms with Crippen LogP contribution in [-0.2, 0) is 40.1 Å². The van der Waals surface area contributed by atoms with Crippen LogP contribution in [0.15, 0.2) is 48.5 Å². The van der Waals surface area contributed by atoms with E-state index in [0.29, 0.717) is 5.56 Å². The molecule has 19 nitrogen and oxygen atoms in total. The minimum absolute atomic E-state index is 0. The molecule has 4 rings (SSSR count). The molecule has 5 atom stereocenters. The average Bonchev–Trinajstić information content (AvgIpc) is 3.28. The molecular formula is C30H32N7NaO12S. The number of hydrogen-bond donors (Lipinski definition) is 6. The predicted molar refractivity (Wildman–Crippen MR) is 169 cm³/mol. The zero-order chi connectivity index (χ0) is 37.0. The van der Waals surface area contributed by atoms with Crippen molar-refractivity contribution in [1.29, 1.82) is 0 Å². The molecule has 0 saturated carbocycles. The number of nitro benzene ring substituents is 1. The summed E-state index contributed by atoms with van der Waals surface area (Å²) in [7, 11) is 1.28. The Balaban J connectivity index is 0.00000702. The molecule has 0 bridgehead atoms. The van der Waals surface area contributed by atoms with E-state index in [1.54, 1.807) is 0 Å². The first-order valence-electron chi connectivity index (χ1n) is 14.8. The second-order valence-corrected chi connectivity index (χ2v) is 13.5. The fourth-order valence-electron chi connectivity index (χ4n) is 5.53. The molecule has 2 aromatic carbocycles. The van der Waals surface area contributed by atoms with Gasteiger partial charge >= 0.3 is 35.7 Å². The number of nitrogens with one attached hydrogen (secondary N) is 5. The number of carboxylic acids is 1. The number of phenols is 1. The maximum Gasteiger partial charge on any atom is 1.00 e. The molecule has 2 aliphatic heterocycles. The summed E-state index contributed by atoms with van der Waals surface area (Å²) in [6.45, 7) is 2.69. The Morgan fingerprint density at radius 1 is 1.06 bits per heavy atom. The van der Waals surface area contributed by atoms with Crippen LogP contribution in [0.4, 0.5) is 10.5 Å². The third-order valence-electron chi connectivity index (χ3n) is 7.91. The van der Waals surface area contributed by atoms with Crippen LogP contribution in [0.25, 0.3) is 0 Å². The van der Waals surface area contributed by atoms with Crippen LogP contribution in [0.3, 0.4) is 0 Å². The summed E-state index contributed by atoms with van der Waals surface area (Å²) in [6.07, 6.45) is -1.52. The number of carbonyl (C=O) groups excluding carboxylic acids is 7. The standard InChI is InChI=1S/C30H33N7O12S.Na/c1-29(2)23(27(44)45)36-26(43)22(30(36,50-29)32-14-38)35-25(42)21(16-6-10-18(39)11-7-16)34-24(41)19(12-20(40)31-3)33-28(46)49-13-15-4-8-17(9-5-15)37(47)48;/h4-11,14,19,21-23,39H,12-13H2,1-3H3,(H,31,40)(H,32,38)(H,33,46)(H,34,41)(H,35,42)(H,44,45);/q;+1/p-1/t19?,21?,22-,23-,30?;/m0./s1. The summed E-state index contributed by atoms with van der Waals surface area (Å²) >= 11 is 0.900. The van der Waals surface area contributed by atoms with Crippen molar-refractivity contribution in [2.24, 2.45) is 0 Å². The van der Waals surface area contributed by atoms with Crippen LogP contribution in [0.1, 0.15) is 37.4 Å². The van der Waals surface area contributed by atoms with Crippen LogP contribution in [-0.4, -0.2) is 91.9 Å². The van der Waals surface area contributed by atoms with E-state index in [2.05, 4.69) is 26.6 Å². The summed E-state index contributed by atoms with van der Waals surface area (Å²) in [5.74, 6) is -5.37. The molecule has 0 aromatic heterocycles. The molecule has 2 aliphatic rings. The second kappa shape index (κ2) is 16.4. The molecule has 2 saturated heterocycles. The van der Waals surface area contributed by atoms with Gasteiger partial charge in [0, 0.05) is 23.9 Å². The molecule has 6 N–H and O–H groups in total. The molecule has 0 radical (unpaired) electrons. The Morgan fingerprint density at radius 2 is 1.69 bits per heavy atom. The Kier molecular flexibility index (Phi) is 13.0. The largest absolute Gasteiger partial charge is 1.00 e. The van der Waals surface area contributed by atoms with Gasteiger partial charge in [-0.3, -0.25) is 39.0 Å². The number of phenolic OH excluding ortho intramolecular Hbond substituents is 1. The van der Waals surface area contributed by atoms with Gasteiger partial charge in [0.2, 0.25) is 24.1 Å². The molecule has 6 amide bonds. The van der Waals surface area contributed by atoms with Gasteiger partial charge in [0.25, 0.3) is 11.6 Å². The van der Waals surface area contributed by atoms with Gasteiger partial charge in [-0.25, -0.2) is 4.79 Å². The number of hydrogen-bond acceptors (Lipinski definition) is 13. The number of amides is 6. The van der Waals surface area contributed by atoms with Gasteiger partial charge in [0.1, 0.15) is 24.4 Å². The van der Waals surface area contributed by atoms with Crippen LogP contribution >= 0.6 is 11.8 Å². The molecule has 3 unspecified atom stereocenters. The molecule has 266 valence electrons. The topological polar surface area (TPSA) is 279 Å². The predicted octanol–water partition coefficient (Wildman–Crippen LogP) is -4.74. The first kappa shape index (κ1) is 40.5. The van der Waals surface area contributed by atoms with Crippen molar-refractivity contribution in [3.8, 4) is 5.75 Å². The molecule has 0 aliphatic carbocycles. The zero-order valence-electron chi connectivity index (χ0n) is 27.7. The Hall–Kier alpha value is -4.92. The van der Waals surface area contributed by atoms with Crippen molar-refractivity contribution in [1.82, 2.24) is 31.5 Å². The van der Waals surface area contributed by atoms with Crippen molar-refractivity contribution >= 4 is 59.6 Å². The van der Waals surface area contributed by atoms with Gasteiger partial charge in [-0.2, -0.15) is 0 Å². The van der Waals surface area contributed by atoms with Crippen LogP contribution in [0.2, 0.25) is 0 Å². The average molecular weight is 738 g/mol. The van der Waals surface area contributed by atoms with Gasteiger partial charge in [0.05, 0.1) is 23.4 Å². The number of nitrogens with zero attached hydrogens (tertiary/aromatic N) is 2. The van der Waals surface area contributed by atoms with Gasteiger partial charge in [-0.15, -0.1) is 11.8 Å². The van der Waals surface area contributed by atoms with E-state index in [0.717, 1.165) is 16.7 Å². The number of non-ortho nitro benzene ring substituents is 1. The van der Waals surface area contributed by atoms with E-state index in [1.807, 2.05) is 0 Å². The second-order valence-electron chi connectivity index (χ2n) is 11.6. The smallest absolute Gasteiger partial charge is 0.548 e. The zero-order valence-corrected chi connectivity index (χ0v) is 30.5. The number of alkyl carbamates (subject to hydrolysis) is 1. The number of rotatable bonds is 14. The number of carbonyl (C=O) groups is 7. The number of thioether (sulfide) groups is 1. The van der Waals surface area contributed by atoms with Crippen molar-refractivity contribution in [2.75, 3.05) is 7.05 Å². The first-order valence-corrected chi connectivity index (χ1v) is 15.6. The first-order chi connectivity index (χ1) is 23.5. The number of aliphatic carboxylic acids is 1. The molecular weight excluding hydrogens is 705 g/mol. The fraction of sp³-hybridized carbons (Fsp3) is 0.367. The quantitative estimate of drug-likeness (QED) is 0.0350. The minimum Gasteiger partial charge on any atom is -0.548 e. The summed E-state index contributed by atoms with van der Waals surface area (Å²) in [4.78, 5) is 98.7. The van der Waals surface area contributed by atoms with E-state index in [9.17, 15) is 53.9 Å². The maximum atomic E-state index is 13.8. The van der Waals surface area contributed by atoms with Crippen molar-refractivity contribution < 1.29 is 83.0 Å². The Bertz CT molecular complexity index is 1710. The molecule has 0 spiro atoms. The number of carboxylic acid groups (broad SMARTS) is 1. The van der Waals surface area contributed by atoms with E-state index in [1.165, 1.54) is 69.4 Å². The van der Waals surface area contributed by atoms with Gasteiger partial charge in [-0.05, 0) is 49.2 Å².